The number of amides is 1. The van der Waals surface area contributed by atoms with Crippen molar-refractivity contribution in [3.8, 4) is 5.75 Å². The number of nitrogens with zero attached hydrogens (tertiary/aromatic N) is 1. The van der Waals surface area contributed by atoms with Gasteiger partial charge in [-0.25, -0.2) is 4.99 Å². The SMILES string of the molecule is COc1ccc(/C=C2/SC(=Nc3ccc(C)cc3)NC2=O)c(C)c1. The van der Waals surface area contributed by atoms with Crippen LogP contribution in [0.2, 0.25) is 0 Å². The Morgan fingerprint density at radius 2 is 1.88 bits per heavy atom. The molecule has 0 unspecified atom stereocenters. The minimum atomic E-state index is -0.124. The summed E-state index contributed by atoms with van der Waals surface area (Å²) in [7, 11) is 1.64. The van der Waals surface area contributed by atoms with E-state index < -0.39 is 0 Å². The molecule has 5 heteroatoms. The maximum atomic E-state index is 12.2. The van der Waals surface area contributed by atoms with Gasteiger partial charge in [-0.05, 0) is 67.1 Å². The minimum absolute atomic E-state index is 0.124. The van der Waals surface area contributed by atoms with Crippen LogP contribution in [0.3, 0.4) is 0 Å². The zero-order valence-electron chi connectivity index (χ0n) is 13.8. The lowest BCUT2D eigenvalue weighted by Gasteiger charge is -2.04. The number of aryl methyl sites for hydroxylation is 2. The molecule has 1 aliphatic rings. The Bertz CT molecular complexity index is 839. The Hall–Kier alpha value is -2.53. The number of rotatable bonds is 3. The van der Waals surface area contributed by atoms with Gasteiger partial charge in [0, 0.05) is 0 Å². The second-order valence-electron chi connectivity index (χ2n) is 5.54. The molecule has 0 spiro atoms. The molecule has 0 aliphatic carbocycles. The fourth-order valence-electron chi connectivity index (χ4n) is 2.30. The minimum Gasteiger partial charge on any atom is -0.497 e. The first-order chi connectivity index (χ1) is 11.5. The van der Waals surface area contributed by atoms with Gasteiger partial charge in [0.1, 0.15) is 5.75 Å². The fraction of sp³-hybridized carbons (Fsp3) is 0.158. The summed E-state index contributed by atoms with van der Waals surface area (Å²) in [6, 6.07) is 13.7. The maximum Gasteiger partial charge on any atom is 0.264 e. The van der Waals surface area contributed by atoms with E-state index in [1.165, 1.54) is 17.3 Å². The molecule has 1 N–H and O–H groups in total. The Morgan fingerprint density at radius 1 is 1.12 bits per heavy atom. The van der Waals surface area contributed by atoms with Crippen molar-refractivity contribution < 1.29 is 9.53 Å². The van der Waals surface area contributed by atoms with Crippen LogP contribution in [0, 0.1) is 13.8 Å². The summed E-state index contributed by atoms with van der Waals surface area (Å²) in [6.45, 7) is 4.02. The van der Waals surface area contributed by atoms with Crippen LogP contribution in [0.15, 0.2) is 52.4 Å². The summed E-state index contributed by atoms with van der Waals surface area (Å²) in [5, 5.41) is 3.41. The Labute approximate surface area is 145 Å². The van der Waals surface area contributed by atoms with Crippen molar-refractivity contribution >= 4 is 34.6 Å². The number of aliphatic imine (C=N–C) groups is 1. The van der Waals surface area contributed by atoms with E-state index in [1.807, 2.05) is 62.4 Å². The van der Waals surface area contributed by atoms with Crippen molar-refractivity contribution in [1.29, 1.82) is 0 Å². The third-order valence-corrected chi connectivity index (χ3v) is 4.59. The molecule has 0 saturated carbocycles. The number of thioether (sulfide) groups is 1. The van der Waals surface area contributed by atoms with Crippen molar-refractivity contribution in [3.63, 3.8) is 0 Å². The van der Waals surface area contributed by atoms with Crippen molar-refractivity contribution in [2.24, 2.45) is 4.99 Å². The molecule has 0 aromatic heterocycles. The normalized spacial score (nSPS) is 17.4. The summed E-state index contributed by atoms with van der Waals surface area (Å²) >= 11 is 1.35. The van der Waals surface area contributed by atoms with Gasteiger partial charge >= 0.3 is 0 Å². The summed E-state index contributed by atoms with van der Waals surface area (Å²) in [5.74, 6) is 0.681. The summed E-state index contributed by atoms with van der Waals surface area (Å²) in [5.41, 5.74) is 4.05. The van der Waals surface area contributed by atoms with Gasteiger partial charge in [0.25, 0.3) is 5.91 Å². The zero-order valence-corrected chi connectivity index (χ0v) is 14.6. The Balaban J connectivity index is 1.83. The van der Waals surface area contributed by atoms with Crippen LogP contribution in [0.4, 0.5) is 5.69 Å². The molecule has 1 heterocycles. The summed E-state index contributed by atoms with van der Waals surface area (Å²) in [4.78, 5) is 17.3. The molecule has 1 saturated heterocycles. The van der Waals surface area contributed by atoms with Gasteiger partial charge in [-0.2, -0.15) is 0 Å². The van der Waals surface area contributed by atoms with E-state index in [2.05, 4.69) is 10.3 Å². The molecular formula is C19H18N2O2S. The molecule has 2 aromatic rings. The zero-order chi connectivity index (χ0) is 17.1. The van der Waals surface area contributed by atoms with Gasteiger partial charge in [0.05, 0.1) is 17.7 Å². The van der Waals surface area contributed by atoms with E-state index >= 15 is 0 Å². The van der Waals surface area contributed by atoms with E-state index in [-0.39, 0.29) is 5.91 Å². The first kappa shape index (κ1) is 16.3. The molecular weight excluding hydrogens is 320 g/mol. The van der Waals surface area contributed by atoms with Crippen LogP contribution in [0.5, 0.6) is 5.75 Å². The first-order valence-corrected chi connectivity index (χ1v) is 8.38. The van der Waals surface area contributed by atoms with E-state index in [0.29, 0.717) is 10.1 Å². The lowest BCUT2D eigenvalue weighted by atomic mass is 10.1. The van der Waals surface area contributed by atoms with Gasteiger partial charge < -0.3 is 10.1 Å². The van der Waals surface area contributed by atoms with Crippen LogP contribution in [-0.2, 0) is 4.79 Å². The van der Waals surface area contributed by atoms with Crippen LogP contribution in [0.1, 0.15) is 16.7 Å². The standard InChI is InChI=1S/C19H18N2O2S/c1-12-4-7-15(8-5-12)20-19-21-18(22)17(24-19)11-14-6-9-16(23-3)10-13(14)2/h4-11H,1-3H3,(H,20,21,22)/b17-11+. The molecule has 24 heavy (non-hydrogen) atoms. The van der Waals surface area contributed by atoms with E-state index in [1.54, 1.807) is 7.11 Å². The van der Waals surface area contributed by atoms with E-state index in [0.717, 1.165) is 22.6 Å². The van der Waals surface area contributed by atoms with Gasteiger partial charge in [0.2, 0.25) is 0 Å². The number of hydrogen-bond acceptors (Lipinski definition) is 4. The number of hydrogen-bond donors (Lipinski definition) is 1. The molecule has 2 aromatic carbocycles. The quantitative estimate of drug-likeness (QED) is 0.853. The van der Waals surface area contributed by atoms with Crippen molar-refractivity contribution in [3.05, 3.63) is 64.1 Å². The number of carbonyl (C=O) groups is 1. The van der Waals surface area contributed by atoms with Gasteiger partial charge in [-0.15, -0.1) is 0 Å². The lowest BCUT2D eigenvalue weighted by Crippen LogP contribution is -2.19. The molecule has 122 valence electrons. The maximum absolute atomic E-state index is 12.2. The average molecular weight is 338 g/mol. The third kappa shape index (κ3) is 3.68. The van der Waals surface area contributed by atoms with E-state index in [9.17, 15) is 4.79 Å². The van der Waals surface area contributed by atoms with Crippen molar-refractivity contribution in [2.75, 3.05) is 7.11 Å². The van der Waals surface area contributed by atoms with Crippen LogP contribution in [-0.4, -0.2) is 18.2 Å². The highest BCUT2D eigenvalue weighted by atomic mass is 32.2. The molecule has 0 atom stereocenters. The van der Waals surface area contributed by atoms with Gasteiger partial charge in [-0.1, -0.05) is 23.8 Å². The second-order valence-corrected chi connectivity index (χ2v) is 6.57. The van der Waals surface area contributed by atoms with Crippen LogP contribution >= 0.6 is 11.8 Å². The van der Waals surface area contributed by atoms with Crippen LogP contribution < -0.4 is 10.1 Å². The molecule has 1 fully saturated rings. The molecule has 1 amide bonds. The highest BCUT2D eigenvalue weighted by molar-refractivity contribution is 8.18. The summed E-state index contributed by atoms with van der Waals surface area (Å²) < 4.78 is 5.21. The smallest absolute Gasteiger partial charge is 0.264 e. The molecule has 1 aliphatic heterocycles. The highest BCUT2D eigenvalue weighted by Gasteiger charge is 2.24. The highest BCUT2D eigenvalue weighted by Crippen LogP contribution is 2.29. The van der Waals surface area contributed by atoms with Gasteiger partial charge in [0.15, 0.2) is 5.17 Å². The predicted octanol–water partition coefficient (Wildman–Crippen LogP) is 4.20. The van der Waals surface area contributed by atoms with Crippen molar-refractivity contribution in [2.45, 2.75) is 13.8 Å². The average Bonchev–Trinajstić information content (AvgIpc) is 2.91. The lowest BCUT2D eigenvalue weighted by molar-refractivity contribution is -0.115. The largest absolute Gasteiger partial charge is 0.497 e. The number of ether oxygens (including phenoxy) is 1. The monoisotopic (exact) mass is 338 g/mol. The first-order valence-electron chi connectivity index (χ1n) is 7.56. The molecule has 0 radical (unpaired) electrons. The van der Waals surface area contributed by atoms with Crippen LogP contribution in [0.25, 0.3) is 6.08 Å². The number of amidine groups is 1. The number of carbonyl (C=O) groups excluding carboxylic acids is 1. The number of benzene rings is 2. The Kier molecular flexibility index (Phi) is 4.71. The van der Waals surface area contributed by atoms with Gasteiger partial charge in [-0.3, -0.25) is 4.79 Å². The number of nitrogens with one attached hydrogen (secondary N) is 1. The fourth-order valence-corrected chi connectivity index (χ4v) is 3.13. The van der Waals surface area contributed by atoms with E-state index in [4.69, 9.17) is 4.74 Å². The predicted molar refractivity (Wildman–Crippen MR) is 99.7 cm³/mol. The van der Waals surface area contributed by atoms with Crippen molar-refractivity contribution in [1.82, 2.24) is 5.32 Å². The third-order valence-electron chi connectivity index (χ3n) is 3.68. The summed E-state index contributed by atoms with van der Waals surface area (Å²) in [6.07, 6.45) is 1.88. The molecule has 3 rings (SSSR count). The number of methoxy groups -OCH3 is 1. The Morgan fingerprint density at radius 3 is 2.54 bits per heavy atom. The molecule has 4 nitrogen and oxygen atoms in total. The second kappa shape index (κ2) is 6.93. The topological polar surface area (TPSA) is 50.7 Å². The molecule has 0 bridgehead atoms.